The summed E-state index contributed by atoms with van der Waals surface area (Å²) in [6.45, 7) is 14.0. The predicted octanol–water partition coefficient (Wildman–Crippen LogP) is 5.89. The molecule has 0 spiro atoms. The van der Waals surface area contributed by atoms with Crippen LogP contribution >= 0.6 is 0 Å². The van der Waals surface area contributed by atoms with E-state index < -0.39 is 14.3 Å². The van der Waals surface area contributed by atoms with Crippen LogP contribution in [0.5, 0.6) is 0 Å². The third-order valence-electron chi connectivity index (χ3n) is 7.96. The van der Waals surface area contributed by atoms with Crippen LogP contribution in [0.4, 0.5) is 0 Å². The van der Waals surface area contributed by atoms with Crippen LogP contribution < -0.4 is 0 Å². The molecule has 2 aromatic carbocycles. The summed E-state index contributed by atoms with van der Waals surface area (Å²) in [4.78, 5) is 12.0. The Morgan fingerprint density at radius 1 is 1.24 bits per heavy atom. The molecule has 0 aliphatic heterocycles. The molecule has 1 aliphatic carbocycles. The van der Waals surface area contributed by atoms with Gasteiger partial charge in [-0.25, -0.2) is 4.68 Å². The van der Waals surface area contributed by atoms with Crippen LogP contribution in [0.3, 0.4) is 0 Å². The van der Waals surface area contributed by atoms with Crippen LogP contribution in [0.15, 0.2) is 24.3 Å². The summed E-state index contributed by atoms with van der Waals surface area (Å²) in [7, 11) is -0.0305. The van der Waals surface area contributed by atoms with E-state index in [1.54, 1.807) is 4.68 Å². The molecule has 1 unspecified atom stereocenters. The Kier molecular flexibility index (Phi) is 6.46. The molecule has 0 radical (unpaired) electrons. The summed E-state index contributed by atoms with van der Waals surface area (Å²) in [5.74, 6) is -1.05. The van der Waals surface area contributed by atoms with E-state index in [9.17, 15) is 9.90 Å². The van der Waals surface area contributed by atoms with Crippen molar-refractivity contribution in [2.45, 2.75) is 84.0 Å². The summed E-state index contributed by atoms with van der Waals surface area (Å²) in [5, 5.41) is 18.5. The van der Waals surface area contributed by atoms with Crippen LogP contribution in [-0.2, 0) is 35.7 Å². The Balaban J connectivity index is 1.78. The van der Waals surface area contributed by atoms with Gasteiger partial charge in [0.25, 0.3) is 0 Å². The van der Waals surface area contributed by atoms with Gasteiger partial charge in [-0.05, 0) is 83.8 Å². The summed E-state index contributed by atoms with van der Waals surface area (Å²) < 4.78 is 8.37. The predicted molar refractivity (Wildman–Crippen MR) is 138 cm³/mol. The second-order valence-electron chi connectivity index (χ2n) is 11.2. The van der Waals surface area contributed by atoms with Crippen molar-refractivity contribution in [1.29, 1.82) is 0 Å². The highest BCUT2D eigenvalue weighted by Crippen LogP contribution is 2.40. The SMILES string of the molecule is Cc1c(C(CC(=O)O)c2cc3c(c(CO[Si](C)(C)C(C)(C)C)c2)CCC3)ccc2c1nnn2C. The van der Waals surface area contributed by atoms with Gasteiger partial charge in [-0.3, -0.25) is 4.79 Å². The molecule has 1 N–H and O–H groups in total. The van der Waals surface area contributed by atoms with Gasteiger partial charge in [0.2, 0.25) is 0 Å². The average Bonchev–Trinajstić information content (AvgIpc) is 3.37. The lowest BCUT2D eigenvalue weighted by molar-refractivity contribution is -0.137. The van der Waals surface area contributed by atoms with Gasteiger partial charge < -0.3 is 9.53 Å². The Hall–Kier alpha value is -2.51. The molecule has 4 rings (SSSR count). The van der Waals surface area contributed by atoms with E-state index in [1.807, 2.05) is 26.1 Å². The zero-order chi connectivity index (χ0) is 24.8. The molecule has 34 heavy (non-hydrogen) atoms. The first-order chi connectivity index (χ1) is 15.9. The van der Waals surface area contributed by atoms with Crippen molar-refractivity contribution in [2.75, 3.05) is 0 Å². The lowest BCUT2D eigenvalue weighted by Gasteiger charge is -2.36. The molecule has 7 heteroatoms. The number of carbonyl (C=O) groups is 1. The molecule has 1 aromatic heterocycles. The summed E-state index contributed by atoms with van der Waals surface area (Å²) in [6.07, 6.45) is 3.28. The highest BCUT2D eigenvalue weighted by molar-refractivity contribution is 6.74. The van der Waals surface area contributed by atoms with Gasteiger partial charge in [0.05, 0.1) is 18.5 Å². The maximum atomic E-state index is 12.0. The van der Waals surface area contributed by atoms with Gasteiger partial charge in [0.15, 0.2) is 8.32 Å². The topological polar surface area (TPSA) is 77.2 Å². The number of hydrogen-bond donors (Lipinski definition) is 1. The number of rotatable bonds is 7. The van der Waals surface area contributed by atoms with E-state index in [0.717, 1.165) is 47.0 Å². The van der Waals surface area contributed by atoms with E-state index in [2.05, 4.69) is 56.3 Å². The molecular weight excluding hydrogens is 442 g/mol. The smallest absolute Gasteiger partial charge is 0.304 e. The fraction of sp³-hybridized carbons (Fsp3) is 0.519. The van der Waals surface area contributed by atoms with Crippen LogP contribution in [0, 0.1) is 6.92 Å². The number of carboxylic acids is 1. The highest BCUT2D eigenvalue weighted by atomic mass is 28.4. The van der Waals surface area contributed by atoms with Crippen LogP contribution in [0.2, 0.25) is 18.1 Å². The molecule has 6 nitrogen and oxygen atoms in total. The molecule has 0 fully saturated rings. The molecule has 0 saturated heterocycles. The van der Waals surface area contributed by atoms with Gasteiger partial charge >= 0.3 is 5.97 Å². The maximum absolute atomic E-state index is 12.0. The van der Waals surface area contributed by atoms with Gasteiger partial charge in [0, 0.05) is 13.0 Å². The van der Waals surface area contributed by atoms with Crippen molar-refractivity contribution in [1.82, 2.24) is 15.0 Å². The third kappa shape index (κ3) is 4.55. The summed E-state index contributed by atoms with van der Waals surface area (Å²) in [5.41, 5.74) is 8.82. The number of carboxylic acid groups (broad SMARTS) is 1. The first kappa shape index (κ1) is 24.6. The number of fused-ring (bicyclic) bond motifs is 2. The second-order valence-corrected chi connectivity index (χ2v) is 16.0. The van der Waals surface area contributed by atoms with E-state index in [4.69, 9.17) is 4.43 Å². The van der Waals surface area contributed by atoms with Gasteiger partial charge in [0.1, 0.15) is 5.52 Å². The quantitative estimate of drug-likeness (QED) is 0.427. The second kappa shape index (κ2) is 8.93. The lowest BCUT2D eigenvalue weighted by atomic mass is 9.83. The Morgan fingerprint density at radius 3 is 2.65 bits per heavy atom. The number of benzene rings is 2. The van der Waals surface area contributed by atoms with Gasteiger partial charge in [-0.1, -0.05) is 44.2 Å². The molecule has 0 amide bonds. The van der Waals surface area contributed by atoms with Crippen LogP contribution in [0.25, 0.3) is 11.0 Å². The van der Waals surface area contributed by atoms with E-state index in [-0.39, 0.29) is 17.4 Å². The Morgan fingerprint density at radius 2 is 1.97 bits per heavy atom. The zero-order valence-corrected chi connectivity index (χ0v) is 22.5. The van der Waals surface area contributed by atoms with Crippen molar-refractivity contribution in [3.05, 3.63) is 57.6 Å². The number of nitrogens with zero attached hydrogens (tertiary/aromatic N) is 3. The molecule has 0 bridgehead atoms. The highest BCUT2D eigenvalue weighted by Gasteiger charge is 2.37. The van der Waals surface area contributed by atoms with Gasteiger partial charge in [-0.15, -0.1) is 5.10 Å². The van der Waals surface area contributed by atoms with Crippen molar-refractivity contribution >= 4 is 25.3 Å². The van der Waals surface area contributed by atoms with Crippen molar-refractivity contribution in [3.8, 4) is 0 Å². The summed E-state index contributed by atoms with van der Waals surface area (Å²) >= 11 is 0. The Bertz CT molecular complexity index is 1240. The zero-order valence-electron chi connectivity index (χ0n) is 21.5. The average molecular weight is 480 g/mol. The van der Waals surface area contributed by atoms with Crippen molar-refractivity contribution in [3.63, 3.8) is 0 Å². The molecule has 1 aliphatic rings. The molecule has 0 saturated carbocycles. The number of hydrogen-bond acceptors (Lipinski definition) is 4. The number of aliphatic carboxylic acids is 1. The van der Waals surface area contributed by atoms with Crippen molar-refractivity contribution < 1.29 is 14.3 Å². The van der Waals surface area contributed by atoms with Crippen LogP contribution in [-0.4, -0.2) is 34.4 Å². The maximum Gasteiger partial charge on any atom is 0.304 e. The number of aryl methyl sites for hydroxylation is 3. The summed E-state index contributed by atoms with van der Waals surface area (Å²) in [6, 6.07) is 8.51. The van der Waals surface area contributed by atoms with Gasteiger partial charge in [-0.2, -0.15) is 0 Å². The monoisotopic (exact) mass is 479 g/mol. The fourth-order valence-corrected chi connectivity index (χ4v) is 5.79. The minimum absolute atomic E-state index is 0.0356. The minimum Gasteiger partial charge on any atom is -0.481 e. The molecule has 1 heterocycles. The molecular formula is C27H37N3O3Si. The van der Waals surface area contributed by atoms with Crippen molar-refractivity contribution in [2.24, 2.45) is 7.05 Å². The first-order valence-electron chi connectivity index (χ1n) is 12.2. The normalized spacial score (nSPS) is 15.0. The molecule has 3 aromatic rings. The minimum atomic E-state index is -1.90. The van der Waals surface area contributed by atoms with Crippen LogP contribution in [0.1, 0.15) is 72.9 Å². The lowest BCUT2D eigenvalue weighted by Crippen LogP contribution is -2.40. The van der Waals surface area contributed by atoms with E-state index in [1.165, 1.54) is 16.7 Å². The molecule has 1 atom stereocenters. The molecule has 182 valence electrons. The number of aromatic nitrogens is 3. The standard InChI is InChI=1S/C27H37N3O3Si/c1-17-21(11-12-24-26(17)28-29-30(24)5)23(15-25(31)32)19-13-18-9-8-10-22(18)20(14-19)16-33-34(6,7)27(2,3)4/h11-14,23H,8-10,15-16H2,1-7H3,(H,31,32). The first-order valence-corrected chi connectivity index (χ1v) is 15.1. The van der Waals surface area contributed by atoms with E-state index in [0.29, 0.717) is 6.61 Å². The fourth-order valence-electron chi connectivity index (χ4n) is 4.84. The largest absolute Gasteiger partial charge is 0.481 e. The van der Waals surface area contributed by atoms with E-state index >= 15 is 0 Å². The third-order valence-corrected chi connectivity index (χ3v) is 12.4. The Labute approximate surface area is 203 Å².